The quantitative estimate of drug-likeness (QED) is 0.926. The molecule has 0 atom stereocenters. The van der Waals surface area contributed by atoms with Gasteiger partial charge < -0.3 is 14.3 Å². The normalized spacial score (nSPS) is 14.9. The Morgan fingerprint density at radius 3 is 2.43 bits per heavy atom. The minimum atomic E-state index is -0.127. The molecular formula is C17H22N4O2. The third-order valence-corrected chi connectivity index (χ3v) is 4.29. The molecule has 0 saturated carbocycles. The minimum Gasteiger partial charge on any atom is -0.368 e. The second kappa shape index (κ2) is 6.32. The Morgan fingerprint density at radius 2 is 1.83 bits per heavy atom. The van der Waals surface area contributed by atoms with E-state index >= 15 is 0 Å². The van der Waals surface area contributed by atoms with E-state index in [1.807, 2.05) is 4.90 Å². The van der Waals surface area contributed by atoms with Crippen molar-refractivity contribution in [1.29, 1.82) is 0 Å². The van der Waals surface area contributed by atoms with Gasteiger partial charge in [0.2, 0.25) is 0 Å². The van der Waals surface area contributed by atoms with Gasteiger partial charge in [-0.05, 0) is 44.0 Å². The minimum absolute atomic E-state index is 0.127. The van der Waals surface area contributed by atoms with Gasteiger partial charge in [-0.25, -0.2) is 4.79 Å². The molecule has 1 N–H and O–H groups in total. The van der Waals surface area contributed by atoms with Crippen molar-refractivity contribution >= 4 is 17.5 Å². The van der Waals surface area contributed by atoms with E-state index < -0.39 is 0 Å². The summed E-state index contributed by atoms with van der Waals surface area (Å²) in [5.74, 6) is 1.14. The molecule has 1 saturated heterocycles. The van der Waals surface area contributed by atoms with Crippen molar-refractivity contribution in [2.45, 2.75) is 20.8 Å². The van der Waals surface area contributed by atoms with Crippen LogP contribution in [-0.4, -0.2) is 42.3 Å². The predicted molar refractivity (Wildman–Crippen MR) is 90.0 cm³/mol. The Kier molecular flexibility index (Phi) is 4.23. The maximum atomic E-state index is 12.2. The Balaban J connectivity index is 1.57. The number of carbonyl (C=O) groups is 1. The number of nitrogens with one attached hydrogen (secondary N) is 1. The van der Waals surface area contributed by atoms with Gasteiger partial charge in [0, 0.05) is 37.9 Å². The molecule has 23 heavy (non-hydrogen) atoms. The number of hydrogen-bond donors (Lipinski definition) is 1. The topological polar surface area (TPSA) is 61.6 Å². The summed E-state index contributed by atoms with van der Waals surface area (Å²) in [5, 5.41) is 6.55. The molecule has 2 heterocycles. The lowest BCUT2D eigenvalue weighted by atomic mass is 10.1. The van der Waals surface area contributed by atoms with Crippen molar-refractivity contribution in [1.82, 2.24) is 10.1 Å². The van der Waals surface area contributed by atoms with Gasteiger partial charge in [0.25, 0.3) is 0 Å². The average molecular weight is 314 g/mol. The van der Waals surface area contributed by atoms with Crippen LogP contribution in [0, 0.1) is 20.8 Å². The van der Waals surface area contributed by atoms with Crippen LogP contribution in [0.2, 0.25) is 0 Å². The highest BCUT2D eigenvalue weighted by molar-refractivity contribution is 5.88. The van der Waals surface area contributed by atoms with Crippen molar-refractivity contribution in [3.63, 3.8) is 0 Å². The fourth-order valence-electron chi connectivity index (χ4n) is 2.70. The summed E-state index contributed by atoms with van der Waals surface area (Å²) < 4.78 is 4.96. The number of piperazine rings is 1. The summed E-state index contributed by atoms with van der Waals surface area (Å²) in [5.41, 5.74) is 3.82. The molecule has 1 fully saturated rings. The van der Waals surface area contributed by atoms with Crippen LogP contribution in [0.4, 0.5) is 16.3 Å². The number of aromatic nitrogens is 1. The first kappa shape index (κ1) is 15.4. The van der Waals surface area contributed by atoms with Crippen LogP contribution in [0.15, 0.2) is 28.8 Å². The van der Waals surface area contributed by atoms with Crippen LogP contribution in [-0.2, 0) is 0 Å². The summed E-state index contributed by atoms with van der Waals surface area (Å²) in [6.45, 7) is 9.08. The Hall–Kier alpha value is -2.50. The highest BCUT2D eigenvalue weighted by Crippen LogP contribution is 2.20. The molecule has 0 unspecified atom stereocenters. The Bertz CT molecular complexity index is 702. The summed E-state index contributed by atoms with van der Waals surface area (Å²) in [6.07, 6.45) is 0. The maximum absolute atomic E-state index is 12.2. The number of rotatable bonds is 2. The van der Waals surface area contributed by atoms with Crippen LogP contribution in [0.25, 0.3) is 0 Å². The van der Waals surface area contributed by atoms with Crippen LogP contribution >= 0.6 is 0 Å². The Morgan fingerprint density at radius 1 is 1.09 bits per heavy atom. The molecule has 1 aliphatic heterocycles. The van der Waals surface area contributed by atoms with Gasteiger partial charge in [-0.2, -0.15) is 0 Å². The SMILES string of the molecule is Cc1cc(NC(=O)N2CCN(c3ccc(C)c(C)c3)CC2)no1. The third-order valence-electron chi connectivity index (χ3n) is 4.29. The van der Waals surface area contributed by atoms with E-state index in [2.05, 4.69) is 47.4 Å². The number of anilines is 2. The number of carbonyl (C=O) groups excluding carboxylic acids is 1. The van der Waals surface area contributed by atoms with Gasteiger partial charge in [0.1, 0.15) is 5.76 Å². The van der Waals surface area contributed by atoms with E-state index in [1.165, 1.54) is 16.8 Å². The summed E-state index contributed by atoms with van der Waals surface area (Å²) >= 11 is 0. The third kappa shape index (κ3) is 3.47. The first-order chi connectivity index (χ1) is 11.0. The van der Waals surface area contributed by atoms with Gasteiger partial charge in [-0.3, -0.25) is 5.32 Å². The summed E-state index contributed by atoms with van der Waals surface area (Å²) in [4.78, 5) is 16.4. The second-order valence-electron chi connectivity index (χ2n) is 6.00. The molecule has 0 aliphatic carbocycles. The lowest BCUT2D eigenvalue weighted by molar-refractivity contribution is 0.208. The maximum Gasteiger partial charge on any atom is 0.323 e. The van der Waals surface area contributed by atoms with Gasteiger partial charge in [0.15, 0.2) is 5.82 Å². The predicted octanol–water partition coefficient (Wildman–Crippen LogP) is 2.95. The fraction of sp³-hybridized carbons (Fsp3) is 0.412. The summed E-state index contributed by atoms with van der Waals surface area (Å²) in [7, 11) is 0. The molecule has 1 aromatic carbocycles. The number of amides is 2. The van der Waals surface area contributed by atoms with Crippen LogP contribution < -0.4 is 10.2 Å². The van der Waals surface area contributed by atoms with Crippen molar-refractivity contribution in [3.05, 3.63) is 41.2 Å². The van der Waals surface area contributed by atoms with Gasteiger partial charge >= 0.3 is 6.03 Å². The van der Waals surface area contributed by atoms with E-state index in [0.29, 0.717) is 24.7 Å². The van der Waals surface area contributed by atoms with Crippen LogP contribution in [0.5, 0.6) is 0 Å². The van der Waals surface area contributed by atoms with Crippen molar-refractivity contribution in [2.24, 2.45) is 0 Å². The number of benzene rings is 1. The Labute approximate surface area is 136 Å². The van der Waals surface area contributed by atoms with Gasteiger partial charge in [-0.15, -0.1) is 0 Å². The lowest BCUT2D eigenvalue weighted by Gasteiger charge is -2.36. The molecule has 1 aliphatic rings. The van der Waals surface area contributed by atoms with Gasteiger partial charge in [-0.1, -0.05) is 11.2 Å². The van der Waals surface area contributed by atoms with Crippen molar-refractivity contribution in [2.75, 3.05) is 36.4 Å². The molecule has 2 amide bonds. The smallest absolute Gasteiger partial charge is 0.323 e. The van der Waals surface area contributed by atoms with Crippen molar-refractivity contribution < 1.29 is 9.32 Å². The molecule has 3 rings (SSSR count). The molecule has 2 aromatic rings. The first-order valence-electron chi connectivity index (χ1n) is 7.84. The largest absolute Gasteiger partial charge is 0.368 e. The number of nitrogens with zero attached hydrogens (tertiary/aromatic N) is 3. The number of urea groups is 1. The zero-order valence-corrected chi connectivity index (χ0v) is 13.8. The highest BCUT2D eigenvalue weighted by atomic mass is 16.5. The van der Waals surface area contributed by atoms with Gasteiger partial charge in [0.05, 0.1) is 0 Å². The number of aryl methyl sites for hydroxylation is 3. The molecule has 0 radical (unpaired) electrons. The number of hydrogen-bond acceptors (Lipinski definition) is 4. The van der Waals surface area contributed by atoms with Crippen LogP contribution in [0.3, 0.4) is 0 Å². The molecule has 122 valence electrons. The molecule has 0 spiro atoms. The second-order valence-corrected chi connectivity index (χ2v) is 6.00. The fourth-order valence-corrected chi connectivity index (χ4v) is 2.70. The van der Waals surface area contributed by atoms with E-state index in [9.17, 15) is 4.79 Å². The van der Waals surface area contributed by atoms with Crippen molar-refractivity contribution in [3.8, 4) is 0 Å². The van der Waals surface area contributed by atoms with E-state index in [0.717, 1.165) is 13.1 Å². The van der Waals surface area contributed by atoms with Crippen LogP contribution in [0.1, 0.15) is 16.9 Å². The lowest BCUT2D eigenvalue weighted by Crippen LogP contribution is -2.50. The molecular weight excluding hydrogens is 292 g/mol. The zero-order chi connectivity index (χ0) is 16.4. The monoisotopic (exact) mass is 314 g/mol. The molecule has 1 aromatic heterocycles. The first-order valence-corrected chi connectivity index (χ1v) is 7.84. The zero-order valence-electron chi connectivity index (χ0n) is 13.8. The highest BCUT2D eigenvalue weighted by Gasteiger charge is 2.22. The standard InChI is InChI=1S/C17H22N4O2/c1-12-4-5-15(10-13(12)2)20-6-8-21(9-7-20)17(22)18-16-11-14(3)23-19-16/h4-5,10-11H,6-9H2,1-3H3,(H,18,19,22). The molecule has 0 bridgehead atoms. The average Bonchev–Trinajstić information content (AvgIpc) is 2.95. The molecule has 6 nitrogen and oxygen atoms in total. The molecule has 6 heteroatoms. The van der Waals surface area contributed by atoms with E-state index in [4.69, 9.17) is 4.52 Å². The van der Waals surface area contributed by atoms with E-state index in [-0.39, 0.29) is 6.03 Å². The van der Waals surface area contributed by atoms with E-state index in [1.54, 1.807) is 13.0 Å². The summed E-state index contributed by atoms with van der Waals surface area (Å²) in [6, 6.07) is 8.09.